The molecular weight excluding hydrogens is 574 g/mol. The van der Waals surface area contributed by atoms with Crippen LogP contribution in [-0.2, 0) is 9.53 Å². The van der Waals surface area contributed by atoms with E-state index >= 15 is 0 Å². The van der Waals surface area contributed by atoms with E-state index in [1.807, 2.05) is 55.6 Å². The lowest BCUT2D eigenvalue weighted by Crippen LogP contribution is -2.29. The highest BCUT2D eigenvalue weighted by Crippen LogP contribution is 2.44. The molecule has 2 atom stereocenters. The van der Waals surface area contributed by atoms with Gasteiger partial charge in [-0.15, -0.1) is 0 Å². The third kappa shape index (κ3) is 5.34. The first kappa shape index (κ1) is 27.1. The number of halogens is 1. The Kier molecular flexibility index (Phi) is 7.83. The Bertz CT molecular complexity index is 1540. The molecule has 7 nitrogen and oxygen atoms in total. The standard InChI is InChI=1S/C30H30BrN5O2S/c1-18-14-23(11-12-25(18)33-27(37)17-38-4)36-29(28(34-30(36)39)26-10-5-6-13-32-26)24-15-19(2)35(20(24)3)22-9-7-8-21(31)16-22/h5-16,28-29H,17H2,1-4H3,(H,33,37)(H,34,39)/t28-,29-/m1/s1. The number of aromatic nitrogens is 2. The molecule has 1 amide bonds. The first-order chi connectivity index (χ1) is 18.8. The van der Waals surface area contributed by atoms with Gasteiger partial charge in [-0.3, -0.25) is 9.78 Å². The van der Waals surface area contributed by atoms with Crippen LogP contribution in [0.4, 0.5) is 11.4 Å². The normalized spacial score (nSPS) is 16.8. The molecule has 1 fully saturated rings. The molecule has 9 heteroatoms. The Labute approximate surface area is 242 Å². The third-order valence-electron chi connectivity index (χ3n) is 6.99. The molecule has 3 heterocycles. The van der Waals surface area contributed by atoms with E-state index in [1.165, 1.54) is 7.11 Å². The van der Waals surface area contributed by atoms with Crippen molar-refractivity contribution in [3.05, 3.63) is 106 Å². The topological polar surface area (TPSA) is 71.4 Å². The molecule has 2 aromatic heterocycles. The first-order valence-corrected chi connectivity index (χ1v) is 13.8. The maximum absolute atomic E-state index is 12.1. The molecule has 0 saturated carbocycles. The van der Waals surface area contributed by atoms with Gasteiger partial charge < -0.3 is 24.8 Å². The Morgan fingerprint density at radius 1 is 1.08 bits per heavy atom. The Morgan fingerprint density at radius 2 is 1.90 bits per heavy atom. The van der Waals surface area contributed by atoms with Crippen molar-refractivity contribution < 1.29 is 9.53 Å². The second-order valence-electron chi connectivity index (χ2n) is 9.62. The van der Waals surface area contributed by atoms with Crippen LogP contribution in [0.3, 0.4) is 0 Å². The molecule has 1 aliphatic heterocycles. The van der Waals surface area contributed by atoms with Crippen LogP contribution in [0.5, 0.6) is 0 Å². The molecule has 0 radical (unpaired) electrons. The lowest BCUT2D eigenvalue weighted by atomic mass is 9.96. The zero-order valence-electron chi connectivity index (χ0n) is 22.2. The zero-order chi connectivity index (χ0) is 27.7. The number of benzene rings is 2. The summed E-state index contributed by atoms with van der Waals surface area (Å²) in [6, 6.07) is 22.2. The van der Waals surface area contributed by atoms with Crippen LogP contribution in [-0.4, -0.2) is 34.3 Å². The number of hydrogen-bond acceptors (Lipinski definition) is 4. The highest BCUT2D eigenvalue weighted by Gasteiger charge is 2.42. The number of aryl methyl sites for hydroxylation is 2. The van der Waals surface area contributed by atoms with E-state index in [9.17, 15) is 4.79 Å². The van der Waals surface area contributed by atoms with Crippen LogP contribution in [0.15, 0.2) is 77.4 Å². The quantitative estimate of drug-likeness (QED) is 0.241. The number of ether oxygens (including phenoxy) is 1. The highest BCUT2D eigenvalue weighted by molar-refractivity contribution is 9.10. The van der Waals surface area contributed by atoms with E-state index in [1.54, 1.807) is 0 Å². The van der Waals surface area contributed by atoms with Gasteiger partial charge in [-0.1, -0.05) is 28.1 Å². The maximum Gasteiger partial charge on any atom is 0.250 e. The number of thiocarbonyl (C=S) groups is 1. The van der Waals surface area contributed by atoms with E-state index in [4.69, 9.17) is 17.0 Å². The van der Waals surface area contributed by atoms with Crippen LogP contribution in [0, 0.1) is 20.8 Å². The van der Waals surface area contributed by atoms with Gasteiger partial charge in [0.1, 0.15) is 6.61 Å². The highest BCUT2D eigenvalue weighted by atomic mass is 79.9. The predicted octanol–water partition coefficient (Wildman–Crippen LogP) is 6.32. The lowest BCUT2D eigenvalue weighted by Gasteiger charge is -2.29. The number of amides is 1. The fourth-order valence-electron chi connectivity index (χ4n) is 5.30. The number of rotatable bonds is 7. The van der Waals surface area contributed by atoms with Crippen molar-refractivity contribution in [3.8, 4) is 5.69 Å². The van der Waals surface area contributed by atoms with E-state index < -0.39 is 0 Å². The van der Waals surface area contributed by atoms with Gasteiger partial charge in [-0.05, 0) is 98.7 Å². The van der Waals surface area contributed by atoms with Gasteiger partial charge in [-0.2, -0.15) is 0 Å². The largest absolute Gasteiger partial charge is 0.375 e. The summed E-state index contributed by atoms with van der Waals surface area (Å²) < 4.78 is 8.26. The van der Waals surface area contributed by atoms with Crippen molar-refractivity contribution in [3.63, 3.8) is 0 Å². The molecule has 0 aliphatic carbocycles. The molecular formula is C30H30BrN5O2S. The van der Waals surface area contributed by atoms with E-state index in [0.29, 0.717) is 5.11 Å². The van der Waals surface area contributed by atoms with E-state index in [0.717, 1.165) is 49.7 Å². The minimum absolute atomic E-state index is 0.00273. The number of carbonyl (C=O) groups excluding carboxylic acids is 1. The summed E-state index contributed by atoms with van der Waals surface area (Å²) >= 11 is 9.55. The SMILES string of the molecule is COCC(=O)Nc1ccc(N2C(=S)N[C@H](c3ccccn3)[C@H]2c2cc(C)n(-c3cccc(Br)c3)c2C)cc1C. The van der Waals surface area contributed by atoms with Crippen LogP contribution in [0.1, 0.15) is 40.3 Å². The number of methoxy groups -OCH3 is 1. The smallest absolute Gasteiger partial charge is 0.250 e. The van der Waals surface area contributed by atoms with Crippen molar-refractivity contribution in [1.82, 2.24) is 14.9 Å². The number of pyridine rings is 1. The summed E-state index contributed by atoms with van der Waals surface area (Å²) in [6.07, 6.45) is 1.81. The Balaban J connectivity index is 1.61. The van der Waals surface area contributed by atoms with Crippen molar-refractivity contribution in [2.75, 3.05) is 23.9 Å². The van der Waals surface area contributed by atoms with Crippen LogP contribution < -0.4 is 15.5 Å². The number of nitrogens with zero attached hydrogens (tertiary/aromatic N) is 3. The van der Waals surface area contributed by atoms with Crippen LogP contribution >= 0.6 is 28.1 Å². The summed E-state index contributed by atoms with van der Waals surface area (Å²) in [4.78, 5) is 19.0. The second kappa shape index (κ2) is 11.3. The second-order valence-corrected chi connectivity index (χ2v) is 10.9. The van der Waals surface area contributed by atoms with Gasteiger partial charge in [0.05, 0.1) is 17.8 Å². The molecule has 0 spiro atoms. The van der Waals surface area contributed by atoms with Gasteiger partial charge in [0, 0.05) is 46.2 Å². The molecule has 0 bridgehead atoms. The summed E-state index contributed by atoms with van der Waals surface area (Å²) in [7, 11) is 1.50. The predicted molar refractivity (Wildman–Crippen MR) is 163 cm³/mol. The average Bonchev–Trinajstić information content (AvgIpc) is 3.40. The molecule has 0 unspecified atom stereocenters. The zero-order valence-corrected chi connectivity index (χ0v) is 24.6. The molecule has 5 rings (SSSR count). The Morgan fingerprint density at radius 3 is 2.59 bits per heavy atom. The molecule has 4 aromatic rings. The van der Waals surface area contributed by atoms with E-state index in [2.05, 4.69) is 79.1 Å². The fraction of sp³-hybridized carbons (Fsp3) is 0.233. The minimum atomic E-state index is -0.195. The third-order valence-corrected chi connectivity index (χ3v) is 7.80. The first-order valence-electron chi connectivity index (χ1n) is 12.6. The van der Waals surface area contributed by atoms with Gasteiger partial charge in [0.2, 0.25) is 5.91 Å². The number of anilines is 2. The van der Waals surface area contributed by atoms with Crippen LogP contribution in [0.25, 0.3) is 5.69 Å². The molecule has 1 aliphatic rings. The van der Waals surface area contributed by atoms with Crippen molar-refractivity contribution in [2.24, 2.45) is 0 Å². The molecule has 2 N–H and O–H groups in total. The molecule has 2 aromatic carbocycles. The summed E-state index contributed by atoms with van der Waals surface area (Å²) in [5.41, 5.74) is 8.03. The molecule has 1 saturated heterocycles. The minimum Gasteiger partial charge on any atom is -0.375 e. The Hall–Kier alpha value is -3.53. The molecule has 39 heavy (non-hydrogen) atoms. The van der Waals surface area contributed by atoms with Crippen LogP contribution in [0.2, 0.25) is 0 Å². The fourth-order valence-corrected chi connectivity index (χ4v) is 6.04. The maximum atomic E-state index is 12.1. The number of carbonyl (C=O) groups is 1. The van der Waals surface area contributed by atoms with Crippen molar-refractivity contribution in [2.45, 2.75) is 32.9 Å². The van der Waals surface area contributed by atoms with Crippen molar-refractivity contribution >= 4 is 50.5 Å². The van der Waals surface area contributed by atoms with Crippen molar-refractivity contribution in [1.29, 1.82) is 0 Å². The average molecular weight is 605 g/mol. The molecule has 200 valence electrons. The number of hydrogen-bond donors (Lipinski definition) is 2. The van der Waals surface area contributed by atoms with Gasteiger partial charge in [-0.25, -0.2) is 0 Å². The lowest BCUT2D eigenvalue weighted by molar-refractivity contribution is -0.119. The summed E-state index contributed by atoms with van der Waals surface area (Å²) in [6.45, 7) is 6.25. The van der Waals surface area contributed by atoms with Gasteiger partial charge in [0.15, 0.2) is 5.11 Å². The summed E-state index contributed by atoms with van der Waals surface area (Å²) in [5, 5.41) is 7.08. The summed E-state index contributed by atoms with van der Waals surface area (Å²) in [5.74, 6) is -0.195. The van der Waals surface area contributed by atoms with E-state index in [-0.39, 0.29) is 24.6 Å². The monoisotopic (exact) mass is 603 g/mol. The number of nitrogens with one attached hydrogen (secondary N) is 2. The van der Waals surface area contributed by atoms with Gasteiger partial charge >= 0.3 is 0 Å². The van der Waals surface area contributed by atoms with Gasteiger partial charge in [0.25, 0.3) is 0 Å².